The van der Waals surface area contributed by atoms with E-state index >= 15 is 0 Å². The van der Waals surface area contributed by atoms with Crippen LogP contribution in [0.3, 0.4) is 0 Å². The van der Waals surface area contributed by atoms with Crippen LogP contribution in [0.25, 0.3) is 0 Å². The maximum atomic E-state index is 12.3. The van der Waals surface area contributed by atoms with Gasteiger partial charge in [-0.05, 0) is 17.7 Å². The summed E-state index contributed by atoms with van der Waals surface area (Å²) in [5.74, 6) is 1.12. The minimum atomic E-state index is 0.147. The summed E-state index contributed by atoms with van der Waals surface area (Å²) in [6, 6.07) is 7.76. The van der Waals surface area contributed by atoms with E-state index in [1.54, 1.807) is 12.1 Å². The number of carbonyl (C=O) groups is 2. The molecule has 7 heteroatoms. The van der Waals surface area contributed by atoms with Crippen LogP contribution in [0.2, 0.25) is 0 Å². The summed E-state index contributed by atoms with van der Waals surface area (Å²) in [5, 5.41) is 3.71. The zero-order valence-electron chi connectivity index (χ0n) is 14.6. The van der Waals surface area contributed by atoms with Crippen molar-refractivity contribution in [1.82, 2.24) is 14.9 Å². The molecule has 25 heavy (non-hydrogen) atoms. The van der Waals surface area contributed by atoms with Crippen LogP contribution in [0.5, 0.6) is 5.75 Å². The maximum absolute atomic E-state index is 12.3. The van der Waals surface area contributed by atoms with Crippen LogP contribution in [-0.2, 0) is 20.9 Å². The molecule has 2 amide bonds. The molecule has 1 atom stereocenters. The Hall–Kier alpha value is -2.12. The number of ether oxygens (including phenoxy) is 2. The van der Waals surface area contributed by atoms with E-state index in [1.807, 2.05) is 34.2 Å². The Morgan fingerprint density at radius 2 is 2.00 bits per heavy atom. The fraction of sp³-hybridized carbons (Fsp3) is 0.556. The first-order valence-corrected chi connectivity index (χ1v) is 8.65. The van der Waals surface area contributed by atoms with Gasteiger partial charge in [-0.1, -0.05) is 12.1 Å². The lowest BCUT2D eigenvalue weighted by molar-refractivity contribution is -0.144. The van der Waals surface area contributed by atoms with Crippen molar-refractivity contribution in [2.75, 3.05) is 46.5 Å². The minimum absolute atomic E-state index is 0.147. The number of nitrogens with zero attached hydrogens (tertiary/aromatic N) is 3. The Bertz CT molecular complexity index is 586. The molecule has 0 spiro atoms. The summed E-state index contributed by atoms with van der Waals surface area (Å²) in [6.45, 7) is 4.56. The molecular formula is C18H25N3O4. The Morgan fingerprint density at radius 1 is 1.28 bits per heavy atom. The van der Waals surface area contributed by atoms with Gasteiger partial charge in [0.2, 0.25) is 12.3 Å². The molecule has 1 aromatic rings. The second-order valence-electron chi connectivity index (χ2n) is 6.49. The van der Waals surface area contributed by atoms with E-state index in [0.29, 0.717) is 39.3 Å². The van der Waals surface area contributed by atoms with E-state index in [4.69, 9.17) is 9.47 Å². The van der Waals surface area contributed by atoms with E-state index in [1.165, 1.54) is 0 Å². The van der Waals surface area contributed by atoms with Gasteiger partial charge in [-0.3, -0.25) is 14.6 Å². The van der Waals surface area contributed by atoms with Crippen molar-refractivity contribution in [1.29, 1.82) is 0 Å². The van der Waals surface area contributed by atoms with Gasteiger partial charge in [-0.15, -0.1) is 0 Å². The summed E-state index contributed by atoms with van der Waals surface area (Å²) in [4.78, 5) is 25.6. The van der Waals surface area contributed by atoms with Gasteiger partial charge in [0.15, 0.2) is 0 Å². The molecule has 1 aromatic carbocycles. The van der Waals surface area contributed by atoms with Gasteiger partial charge in [0, 0.05) is 45.1 Å². The quantitative estimate of drug-likeness (QED) is 0.681. The average molecular weight is 347 g/mol. The van der Waals surface area contributed by atoms with E-state index < -0.39 is 0 Å². The van der Waals surface area contributed by atoms with Crippen molar-refractivity contribution in [2.24, 2.45) is 5.92 Å². The van der Waals surface area contributed by atoms with Crippen LogP contribution in [0.1, 0.15) is 12.0 Å². The van der Waals surface area contributed by atoms with Gasteiger partial charge < -0.3 is 14.4 Å². The molecule has 2 fully saturated rings. The van der Waals surface area contributed by atoms with E-state index in [-0.39, 0.29) is 11.8 Å². The van der Waals surface area contributed by atoms with Crippen molar-refractivity contribution >= 4 is 12.3 Å². The second-order valence-corrected chi connectivity index (χ2v) is 6.49. The van der Waals surface area contributed by atoms with Crippen LogP contribution in [-0.4, -0.2) is 73.7 Å². The lowest BCUT2D eigenvalue weighted by Crippen LogP contribution is -2.49. The van der Waals surface area contributed by atoms with Crippen LogP contribution < -0.4 is 4.74 Å². The first kappa shape index (κ1) is 17.7. The number of hydrogen-bond donors (Lipinski definition) is 0. The zero-order valence-corrected chi connectivity index (χ0v) is 14.6. The van der Waals surface area contributed by atoms with E-state index in [9.17, 15) is 9.59 Å². The number of hydrogen-bond acceptors (Lipinski definition) is 5. The van der Waals surface area contributed by atoms with Crippen molar-refractivity contribution in [3.05, 3.63) is 29.8 Å². The molecule has 0 N–H and O–H groups in total. The third-order valence-corrected chi connectivity index (χ3v) is 4.74. The predicted octanol–water partition coefficient (Wildman–Crippen LogP) is 0.749. The Kier molecular flexibility index (Phi) is 5.88. The highest BCUT2D eigenvalue weighted by molar-refractivity contribution is 5.78. The molecule has 3 rings (SSSR count). The SMILES string of the molecule is COc1ccc(CN2CC(CN(C=O)N3CCOCC3)CC2=O)cc1. The zero-order chi connectivity index (χ0) is 17.6. The fourth-order valence-corrected chi connectivity index (χ4v) is 3.38. The molecule has 0 aliphatic carbocycles. The molecule has 136 valence electrons. The molecule has 0 radical (unpaired) electrons. The summed E-state index contributed by atoms with van der Waals surface area (Å²) in [7, 11) is 1.64. The summed E-state index contributed by atoms with van der Waals surface area (Å²) in [6.07, 6.45) is 1.35. The Morgan fingerprint density at radius 3 is 2.64 bits per heavy atom. The number of amides is 2. The van der Waals surface area contributed by atoms with Crippen molar-refractivity contribution < 1.29 is 19.1 Å². The second kappa shape index (κ2) is 8.31. The van der Waals surface area contributed by atoms with Crippen LogP contribution in [0.4, 0.5) is 0 Å². The molecule has 0 saturated carbocycles. The minimum Gasteiger partial charge on any atom is -0.497 e. The first-order chi connectivity index (χ1) is 12.2. The van der Waals surface area contributed by atoms with Crippen molar-refractivity contribution in [3.63, 3.8) is 0 Å². The van der Waals surface area contributed by atoms with Crippen LogP contribution >= 0.6 is 0 Å². The number of carbonyl (C=O) groups excluding carboxylic acids is 2. The van der Waals surface area contributed by atoms with Gasteiger partial charge in [-0.2, -0.15) is 0 Å². The number of likely N-dealkylation sites (tertiary alicyclic amines) is 1. The molecule has 2 aliphatic heterocycles. The van der Waals surface area contributed by atoms with Gasteiger partial charge in [0.1, 0.15) is 5.75 Å². The third-order valence-electron chi connectivity index (χ3n) is 4.74. The first-order valence-electron chi connectivity index (χ1n) is 8.65. The highest BCUT2D eigenvalue weighted by atomic mass is 16.5. The standard InChI is InChI=1S/C18H25N3O4/c1-24-17-4-2-15(3-5-17)11-19-12-16(10-18(19)23)13-21(14-22)20-6-8-25-9-7-20/h2-5,14,16H,6-13H2,1H3. The summed E-state index contributed by atoms with van der Waals surface area (Å²) >= 11 is 0. The number of morpholine rings is 1. The topological polar surface area (TPSA) is 62.3 Å². The fourth-order valence-electron chi connectivity index (χ4n) is 3.38. The number of methoxy groups -OCH3 is 1. The maximum Gasteiger partial charge on any atom is 0.224 e. The average Bonchev–Trinajstić information content (AvgIpc) is 3.00. The predicted molar refractivity (Wildman–Crippen MR) is 91.7 cm³/mol. The molecule has 0 aromatic heterocycles. The summed E-state index contributed by atoms with van der Waals surface area (Å²) < 4.78 is 10.5. The Labute approximate surface area is 148 Å². The highest BCUT2D eigenvalue weighted by Crippen LogP contribution is 2.22. The van der Waals surface area contributed by atoms with Crippen molar-refractivity contribution in [2.45, 2.75) is 13.0 Å². The molecule has 1 unspecified atom stereocenters. The van der Waals surface area contributed by atoms with E-state index in [2.05, 4.69) is 0 Å². The normalized spacial score (nSPS) is 21.4. The van der Waals surface area contributed by atoms with Crippen molar-refractivity contribution in [3.8, 4) is 5.75 Å². The van der Waals surface area contributed by atoms with Crippen LogP contribution in [0, 0.1) is 5.92 Å². The van der Waals surface area contributed by atoms with E-state index in [0.717, 1.165) is 30.8 Å². The number of hydrazine groups is 1. The molecule has 7 nitrogen and oxygen atoms in total. The summed E-state index contributed by atoms with van der Waals surface area (Å²) in [5.41, 5.74) is 1.08. The molecular weight excluding hydrogens is 322 g/mol. The lowest BCUT2D eigenvalue weighted by atomic mass is 10.1. The van der Waals surface area contributed by atoms with Gasteiger partial charge >= 0.3 is 0 Å². The Balaban J connectivity index is 1.54. The number of benzene rings is 1. The van der Waals surface area contributed by atoms with Gasteiger partial charge in [0.05, 0.1) is 20.3 Å². The largest absolute Gasteiger partial charge is 0.497 e. The smallest absolute Gasteiger partial charge is 0.224 e. The molecule has 2 aliphatic rings. The number of rotatable bonds is 7. The third kappa shape index (κ3) is 4.49. The lowest BCUT2D eigenvalue weighted by Gasteiger charge is -2.35. The monoisotopic (exact) mass is 347 g/mol. The molecule has 2 heterocycles. The molecule has 2 saturated heterocycles. The van der Waals surface area contributed by atoms with Gasteiger partial charge in [0.25, 0.3) is 0 Å². The highest BCUT2D eigenvalue weighted by Gasteiger charge is 2.32. The molecule has 0 bridgehead atoms. The van der Waals surface area contributed by atoms with Gasteiger partial charge in [-0.25, -0.2) is 5.01 Å². The van der Waals surface area contributed by atoms with Crippen LogP contribution in [0.15, 0.2) is 24.3 Å².